The fourth-order valence-corrected chi connectivity index (χ4v) is 4.90. The molecular weight excluding hydrogens is 448 g/mol. The molecule has 4 aliphatic rings. The van der Waals surface area contributed by atoms with Crippen molar-refractivity contribution in [3.63, 3.8) is 0 Å². The number of ether oxygens (including phenoxy) is 2. The van der Waals surface area contributed by atoms with Crippen LogP contribution in [0.3, 0.4) is 0 Å². The topological polar surface area (TPSA) is 52.6 Å². The molecule has 180 valence electrons. The van der Waals surface area contributed by atoms with E-state index in [-0.39, 0.29) is 11.9 Å². The van der Waals surface area contributed by atoms with Crippen molar-refractivity contribution in [2.45, 2.75) is 25.7 Å². The number of hydrogen-bond donors (Lipinski definition) is 0. The Labute approximate surface area is 211 Å². The van der Waals surface area contributed by atoms with Crippen molar-refractivity contribution in [2.24, 2.45) is 0 Å². The van der Waals surface area contributed by atoms with E-state index in [1.807, 2.05) is 48.5 Å². The van der Waals surface area contributed by atoms with Crippen molar-refractivity contribution in [1.82, 2.24) is 0 Å². The first kappa shape index (κ1) is 23.6. The Morgan fingerprint density at radius 3 is 1.28 bits per heavy atom. The molecule has 4 aromatic carbocycles. The van der Waals surface area contributed by atoms with E-state index in [0.717, 1.165) is 36.8 Å². The molecule has 4 heteroatoms. The second-order valence-electron chi connectivity index (χ2n) is 9.12. The second kappa shape index (κ2) is 10.2. The molecule has 0 fully saturated rings. The van der Waals surface area contributed by atoms with Crippen LogP contribution in [0.2, 0.25) is 0 Å². The van der Waals surface area contributed by atoms with Crippen LogP contribution in [-0.2, 0) is 35.2 Å². The molecule has 4 aromatic rings. The first-order valence-corrected chi connectivity index (χ1v) is 12.2. The quantitative estimate of drug-likeness (QED) is 0.317. The van der Waals surface area contributed by atoms with Gasteiger partial charge in [-0.1, -0.05) is 60.7 Å². The summed E-state index contributed by atoms with van der Waals surface area (Å²) in [6.07, 6.45) is 3.66. The molecule has 8 rings (SSSR count). The van der Waals surface area contributed by atoms with Crippen molar-refractivity contribution >= 4 is 11.9 Å². The van der Waals surface area contributed by atoms with Gasteiger partial charge >= 0.3 is 11.9 Å². The lowest BCUT2D eigenvalue weighted by Crippen LogP contribution is -2.03. The number of esters is 2. The Morgan fingerprint density at radius 1 is 0.528 bits per heavy atom. The van der Waals surface area contributed by atoms with Gasteiger partial charge in [-0.25, -0.2) is 9.59 Å². The van der Waals surface area contributed by atoms with Crippen molar-refractivity contribution < 1.29 is 19.1 Å². The average Bonchev–Trinajstić information content (AvgIpc) is 2.93. The normalized spacial score (nSPS) is 12.5. The number of benzene rings is 4. The molecule has 0 saturated heterocycles. The highest BCUT2D eigenvalue weighted by atomic mass is 16.5. The Morgan fingerprint density at radius 2 is 0.917 bits per heavy atom. The Kier molecular flexibility index (Phi) is 6.68. The first-order chi connectivity index (χ1) is 17.6. The van der Waals surface area contributed by atoms with Gasteiger partial charge in [-0.2, -0.15) is 0 Å². The molecular formula is C32H28O4. The summed E-state index contributed by atoms with van der Waals surface area (Å²) in [5, 5.41) is 0. The molecule has 0 aliphatic heterocycles. The minimum absolute atomic E-state index is 0.323. The van der Waals surface area contributed by atoms with E-state index in [1.165, 1.54) is 47.6 Å². The van der Waals surface area contributed by atoms with Crippen LogP contribution in [-0.4, -0.2) is 26.2 Å². The predicted molar refractivity (Wildman–Crippen MR) is 141 cm³/mol. The maximum Gasteiger partial charge on any atom is 0.337 e. The molecule has 4 aliphatic carbocycles. The molecule has 0 atom stereocenters. The predicted octanol–water partition coefficient (Wildman–Crippen LogP) is 6.48. The van der Waals surface area contributed by atoms with Gasteiger partial charge in [0.15, 0.2) is 0 Å². The third-order valence-corrected chi connectivity index (χ3v) is 6.95. The van der Waals surface area contributed by atoms with Crippen molar-refractivity contribution in [1.29, 1.82) is 0 Å². The maximum atomic E-state index is 11.9. The highest BCUT2D eigenvalue weighted by Gasteiger charge is 2.14. The van der Waals surface area contributed by atoms with Crippen molar-refractivity contribution in [3.8, 4) is 22.3 Å². The van der Waals surface area contributed by atoms with E-state index >= 15 is 0 Å². The molecule has 4 nitrogen and oxygen atoms in total. The number of methoxy groups -OCH3 is 2. The maximum absolute atomic E-state index is 11.9. The summed E-state index contributed by atoms with van der Waals surface area (Å²) < 4.78 is 9.68. The highest BCUT2D eigenvalue weighted by Crippen LogP contribution is 2.32. The standard InChI is InChI=1S/C32H28O4/c1-35-31(33)27-15-11-25(12-16-27)29-19-21-3-7-23(29)9-5-22-4-8-24(10-6-21)30(20-22)26-13-17-28(18-14-26)32(34)36-2/h3-4,7-8,11-20H,5-6,9-10H2,1-2H3. The Bertz CT molecular complexity index is 1300. The number of hydrogen-bond acceptors (Lipinski definition) is 4. The number of carbonyl (C=O) groups is 2. The van der Waals surface area contributed by atoms with Crippen LogP contribution in [0, 0.1) is 0 Å². The van der Waals surface area contributed by atoms with E-state index < -0.39 is 0 Å². The van der Waals surface area contributed by atoms with E-state index in [0.29, 0.717) is 11.1 Å². The van der Waals surface area contributed by atoms with E-state index in [1.54, 1.807) is 0 Å². The van der Waals surface area contributed by atoms with Gasteiger partial charge in [0.1, 0.15) is 0 Å². The molecule has 0 spiro atoms. The van der Waals surface area contributed by atoms with Gasteiger partial charge in [-0.3, -0.25) is 0 Å². The van der Waals surface area contributed by atoms with Crippen LogP contribution < -0.4 is 0 Å². The smallest absolute Gasteiger partial charge is 0.337 e. The minimum Gasteiger partial charge on any atom is -0.465 e. The molecule has 0 N–H and O–H groups in total. The molecule has 0 saturated carbocycles. The van der Waals surface area contributed by atoms with Gasteiger partial charge in [0.2, 0.25) is 0 Å². The molecule has 0 radical (unpaired) electrons. The third-order valence-electron chi connectivity index (χ3n) is 6.95. The number of aryl methyl sites for hydroxylation is 4. The first-order valence-electron chi connectivity index (χ1n) is 12.2. The number of rotatable bonds is 4. The van der Waals surface area contributed by atoms with Crippen molar-refractivity contribution in [3.05, 3.63) is 118 Å². The summed E-state index contributed by atoms with van der Waals surface area (Å²) in [6, 6.07) is 28.9. The molecule has 0 unspecified atom stereocenters. The van der Waals surface area contributed by atoms with Gasteiger partial charge in [0, 0.05) is 0 Å². The lowest BCUT2D eigenvalue weighted by atomic mass is 9.87. The lowest BCUT2D eigenvalue weighted by molar-refractivity contribution is 0.0592. The van der Waals surface area contributed by atoms with E-state index in [4.69, 9.17) is 9.47 Å². The monoisotopic (exact) mass is 476 g/mol. The van der Waals surface area contributed by atoms with Crippen LogP contribution in [0.4, 0.5) is 0 Å². The summed E-state index contributed by atoms with van der Waals surface area (Å²) in [7, 11) is 2.80. The zero-order chi connectivity index (χ0) is 25.1. The van der Waals surface area contributed by atoms with Gasteiger partial charge in [-0.05, 0) is 94.5 Å². The summed E-state index contributed by atoms with van der Waals surface area (Å²) >= 11 is 0. The third kappa shape index (κ3) is 4.80. The molecule has 0 heterocycles. The lowest BCUT2D eigenvalue weighted by Gasteiger charge is -2.17. The fourth-order valence-electron chi connectivity index (χ4n) is 4.90. The van der Waals surface area contributed by atoms with Crippen LogP contribution >= 0.6 is 0 Å². The minimum atomic E-state index is -0.323. The van der Waals surface area contributed by atoms with Gasteiger partial charge < -0.3 is 9.47 Å². The summed E-state index contributed by atoms with van der Waals surface area (Å²) in [4.78, 5) is 23.7. The highest BCUT2D eigenvalue weighted by molar-refractivity contribution is 5.90. The van der Waals surface area contributed by atoms with Crippen LogP contribution in [0.1, 0.15) is 43.0 Å². The largest absolute Gasteiger partial charge is 0.465 e. The van der Waals surface area contributed by atoms with Gasteiger partial charge in [0.05, 0.1) is 25.3 Å². The van der Waals surface area contributed by atoms with Crippen LogP contribution in [0.5, 0.6) is 0 Å². The summed E-state index contributed by atoms with van der Waals surface area (Å²) in [5.41, 5.74) is 10.9. The SMILES string of the molecule is COC(=O)c1ccc(-c2cc3ccc2CCc2ccc(c(-c4ccc(C(=O)OC)cc4)c2)CC3)cc1. The molecule has 36 heavy (non-hydrogen) atoms. The summed E-state index contributed by atoms with van der Waals surface area (Å²) in [5.74, 6) is -0.645. The fraction of sp³-hybridized carbons (Fsp3) is 0.188. The molecule has 0 aromatic heterocycles. The van der Waals surface area contributed by atoms with Gasteiger partial charge in [-0.15, -0.1) is 0 Å². The zero-order valence-corrected chi connectivity index (χ0v) is 20.5. The summed E-state index contributed by atoms with van der Waals surface area (Å²) in [6.45, 7) is 0. The van der Waals surface area contributed by atoms with Crippen LogP contribution in [0.25, 0.3) is 22.3 Å². The zero-order valence-electron chi connectivity index (χ0n) is 20.5. The van der Waals surface area contributed by atoms with Crippen LogP contribution in [0.15, 0.2) is 84.9 Å². The Hall–Kier alpha value is -4.18. The number of carbonyl (C=O) groups excluding carboxylic acids is 2. The average molecular weight is 477 g/mol. The molecule has 4 bridgehead atoms. The van der Waals surface area contributed by atoms with Crippen molar-refractivity contribution in [2.75, 3.05) is 14.2 Å². The Balaban J connectivity index is 1.47. The van der Waals surface area contributed by atoms with E-state index in [9.17, 15) is 9.59 Å². The second-order valence-corrected chi connectivity index (χ2v) is 9.12. The van der Waals surface area contributed by atoms with Gasteiger partial charge in [0.25, 0.3) is 0 Å². The van der Waals surface area contributed by atoms with E-state index in [2.05, 4.69) is 36.4 Å². The molecule has 0 amide bonds.